The molecule has 0 aromatic heterocycles. The van der Waals surface area contributed by atoms with Crippen LogP contribution in [0.25, 0.3) is 0 Å². The van der Waals surface area contributed by atoms with Crippen LogP contribution in [0.15, 0.2) is 18.2 Å². The Balaban J connectivity index is 1.81. The highest BCUT2D eigenvalue weighted by Crippen LogP contribution is 2.36. The highest BCUT2D eigenvalue weighted by Gasteiger charge is 2.51. The van der Waals surface area contributed by atoms with E-state index in [1.54, 1.807) is 7.11 Å². The molecule has 1 aromatic carbocycles. The summed E-state index contributed by atoms with van der Waals surface area (Å²) >= 11 is 0. The minimum atomic E-state index is -0.441. The predicted molar refractivity (Wildman–Crippen MR) is 107 cm³/mol. The second kappa shape index (κ2) is 7.48. The largest absolute Gasteiger partial charge is 0.496 e. The molecule has 2 aliphatic heterocycles. The average Bonchev–Trinajstić information content (AvgIpc) is 2.83. The van der Waals surface area contributed by atoms with E-state index in [1.165, 1.54) is 6.42 Å². The molecule has 2 aliphatic rings. The predicted octanol–water partition coefficient (Wildman–Crippen LogP) is 2.94. The van der Waals surface area contributed by atoms with E-state index in [9.17, 15) is 4.79 Å². The van der Waals surface area contributed by atoms with Crippen LogP contribution in [0, 0.1) is 0 Å². The lowest BCUT2D eigenvalue weighted by atomic mass is 9.78. The van der Waals surface area contributed by atoms with Crippen molar-refractivity contribution in [1.82, 2.24) is 4.90 Å². The highest BCUT2D eigenvalue weighted by molar-refractivity contribution is 6.62. The van der Waals surface area contributed by atoms with Gasteiger partial charge in [0.05, 0.1) is 24.7 Å². The Morgan fingerprint density at radius 1 is 1.22 bits per heavy atom. The van der Waals surface area contributed by atoms with Gasteiger partial charge in [-0.15, -0.1) is 0 Å². The first-order valence-corrected chi connectivity index (χ1v) is 9.96. The minimum Gasteiger partial charge on any atom is -0.496 e. The van der Waals surface area contributed by atoms with Gasteiger partial charge in [0.25, 0.3) is 0 Å². The van der Waals surface area contributed by atoms with Crippen molar-refractivity contribution in [3.8, 4) is 5.75 Å². The number of methoxy groups -OCH3 is 1. The number of nitrogens with zero attached hydrogens (tertiary/aromatic N) is 1. The summed E-state index contributed by atoms with van der Waals surface area (Å²) in [6.45, 7) is 11.1. The van der Waals surface area contributed by atoms with Gasteiger partial charge in [-0.25, -0.2) is 0 Å². The number of likely N-dealkylation sites (tertiary alicyclic amines) is 1. The third kappa shape index (κ3) is 4.02. The zero-order valence-corrected chi connectivity index (χ0v) is 17.5. The van der Waals surface area contributed by atoms with Gasteiger partial charge in [0.15, 0.2) is 0 Å². The maximum absolute atomic E-state index is 12.9. The van der Waals surface area contributed by atoms with Crippen LogP contribution in [-0.2, 0) is 20.5 Å². The van der Waals surface area contributed by atoms with Crippen LogP contribution in [0.5, 0.6) is 5.75 Å². The van der Waals surface area contributed by atoms with Crippen LogP contribution in [-0.4, -0.2) is 48.8 Å². The van der Waals surface area contributed by atoms with Crippen LogP contribution < -0.4 is 10.2 Å². The molecule has 2 fully saturated rings. The summed E-state index contributed by atoms with van der Waals surface area (Å²) in [4.78, 5) is 14.9. The first-order valence-electron chi connectivity index (χ1n) is 9.96. The fourth-order valence-electron chi connectivity index (χ4n) is 3.80. The van der Waals surface area contributed by atoms with Gasteiger partial charge in [0, 0.05) is 18.2 Å². The number of carbonyl (C=O) groups excluding carboxylic acids is 1. The van der Waals surface area contributed by atoms with Crippen LogP contribution >= 0.6 is 0 Å². The molecule has 148 valence electrons. The lowest BCUT2D eigenvalue weighted by Crippen LogP contribution is -2.43. The molecular weight excluding hydrogens is 341 g/mol. The summed E-state index contributed by atoms with van der Waals surface area (Å²) in [5, 5.41) is 0. The van der Waals surface area contributed by atoms with Crippen molar-refractivity contribution in [3.63, 3.8) is 0 Å². The maximum atomic E-state index is 12.9. The van der Waals surface area contributed by atoms with Crippen molar-refractivity contribution < 1.29 is 18.8 Å². The molecule has 1 unspecified atom stereocenters. The molecule has 5 nitrogen and oxygen atoms in total. The van der Waals surface area contributed by atoms with Gasteiger partial charge >= 0.3 is 7.12 Å². The number of amides is 1. The van der Waals surface area contributed by atoms with Crippen molar-refractivity contribution in [2.45, 2.75) is 77.5 Å². The third-order valence-electron chi connectivity index (χ3n) is 6.29. The van der Waals surface area contributed by atoms with E-state index in [4.69, 9.17) is 14.0 Å². The monoisotopic (exact) mass is 373 g/mol. The second-order valence-corrected chi connectivity index (χ2v) is 8.77. The molecule has 0 aliphatic carbocycles. The topological polar surface area (TPSA) is 48.0 Å². The molecule has 0 radical (unpaired) electrons. The summed E-state index contributed by atoms with van der Waals surface area (Å²) < 4.78 is 17.8. The smallest absolute Gasteiger partial charge is 0.494 e. The normalized spacial score (nSPS) is 24.1. The lowest BCUT2D eigenvalue weighted by Gasteiger charge is -2.33. The van der Waals surface area contributed by atoms with Crippen molar-refractivity contribution in [2.75, 3.05) is 13.7 Å². The summed E-state index contributed by atoms with van der Waals surface area (Å²) in [6, 6.07) is 6.16. The van der Waals surface area contributed by atoms with Gasteiger partial charge in [-0.3, -0.25) is 4.79 Å². The fourth-order valence-corrected chi connectivity index (χ4v) is 3.80. The molecule has 6 heteroatoms. The van der Waals surface area contributed by atoms with Gasteiger partial charge in [-0.1, -0.05) is 12.1 Å². The Labute approximate surface area is 163 Å². The standard InChI is InChI=1S/C21H32BNO4/c1-15-9-7-8-12-23(15)19(24)14-16-13-17(10-11-18(16)25-6)22-26-20(2,3)21(4,5)27-22/h10-11,13,15H,7-9,12,14H2,1-6H3. The van der Waals surface area contributed by atoms with Crippen LogP contribution in [0.1, 0.15) is 59.4 Å². The van der Waals surface area contributed by atoms with E-state index in [0.29, 0.717) is 12.5 Å². The number of hydrogen-bond donors (Lipinski definition) is 0. The van der Waals surface area contributed by atoms with Crippen LogP contribution in [0.2, 0.25) is 0 Å². The Hall–Kier alpha value is -1.53. The molecule has 2 saturated heterocycles. The van der Waals surface area contributed by atoms with Gasteiger partial charge in [-0.05, 0) is 65.4 Å². The Kier molecular flexibility index (Phi) is 5.60. The molecule has 1 atom stereocenters. The SMILES string of the molecule is COc1ccc(B2OC(C)(C)C(C)(C)O2)cc1CC(=O)N1CCCCC1C. The molecular formula is C21H32BNO4. The van der Waals surface area contributed by atoms with E-state index in [0.717, 1.165) is 36.2 Å². The van der Waals surface area contributed by atoms with E-state index >= 15 is 0 Å². The number of rotatable bonds is 4. The summed E-state index contributed by atoms with van der Waals surface area (Å²) in [6.07, 6.45) is 3.70. The third-order valence-corrected chi connectivity index (χ3v) is 6.29. The summed E-state index contributed by atoms with van der Waals surface area (Å²) in [5.74, 6) is 0.889. The van der Waals surface area contributed by atoms with Crippen molar-refractivity contribution in [1.29, 1.82) is 0 Å². The summed E-state index contributed by atoms with van der Waals surface area (Å²) in [5.41, 5.74) is 1.02. The quantitative estimate of drug-likeness (QED) is 0.762. The fraction of sp³-hybridized carbons (Fsp3) is 0.667. The Morgan fingerprint density at radius 3 is 2.48 bits per heavy atom. The van der Waals surface area contributed by atoms with Crippen molar-refractivity contribution in [2.24, 2.45) is 0 Å². The van der Waals surface area contributed by atoms with E-state index in [2.05, 4.69) is 6.92 Å². The van der Waals surface area contributed by atoms with Gasteiger partial charge in [0.2, 0.25) is 5.91 Å². The lowest BCUT2D eigenvalue weighted by molar-refractivity contribution is -0.133. The Morgan fingerprint density at radius 2 is 1.89 bits per heavy atom. The van der Waals surface area contributed by atoms with E-state index in [-0.39, 0.29) is 5.91 Å². The molecule has 27 heavy (non-hydrogen) atoms. The molecule has 0 bridgehead atoms. The second-order valence-electron chi connectivity index (χ2n) is 8.77. The molecule has 0 saturated carbocycles. The molecule has 1 aromatic rings. The maximum Gasteiger partial charge on any atom is 0.494 e. The molecule has 2 heterocycles. The zero-order valence-electron chi connectivity index (χ0n) is 17.5. The minimum absolute atomic E-state index is 0.159. The number of benzene rings is 1. The number of piperidine rings is 1. The number of hydrogen-bond acceptors (Lipinski definition) is 4. The van der Waals surface area contributed by atoms with Gasteiger partial charge in [0.1, 0.15) is 5.75 Å². The molecule has 1 amide bonds. The van der Waals surface area contributed by atoms with Crippen LogP contribution in [0.3, 0.4) is 0 Å². The van der Waals surface area contributed by atoms with E-state index in [1.807, 2.05) is 50.8 Å². The van der Waals surface area contributed by atoms with Crippen molar-refractivity contribution in [3.05, 3.63) is 23.8 Å². The van der Waals surface area contributed by atoms with Crippen molar-refractivity contribution >= 4 is 18.5 Å². The highest BCUT2D eigenvalue weighted by atomic mass is 16.7. The average molecular weight is 373 g/mol. The first kappa shape index (κ1) is 20.2. The Bertz CT molecular complexity index is 687. The van der Waals surface area contributed by atoms with Crippen LogP contribution in [0.4, 0.5) is 0 Å². The van der Waals surface area contributed by atoms with Gasteiger partial charge < -0.3 is 18.9 Å². The number of carbonyl (C=O) groups is 1. The van der Waals surface area contributed by atoms with Gasteiger partial charge in [-0.2, -0.15) is 0 Å². The van der Waals surface area contributed by atoms with E-state index < -0.39 is 18.3 Å². The molecule has 0 N–H and O–H groups in total. The number of ether oxygens (including phenoxy) is 1. The molecule has 3 rings (SSSR count). The first-order chi connectivity index (χ1) is 12.6. The zero-order chi connectivity index (χ0) is 19.8. The summed E-state index contributed by atoms with van der Waals surface area (Å²) in [7, 11) is 1.20. The molecule has 0 spiro atoms.